The minimum absolute atomic E-state index is 0.0401. The fraction of sp³-hybridized carbons (Fsp3) is 0.182. The Labute approximate surface area is 196 Å². The number of pyridine rings is 1. The molecule has 8 nitrogen and oxygen atoms in total. The predicted molar refractivity (Wildman–Crippen MR) is 117 cm³/mol. The van der Waals surface area contributed by atoms with E-state index >= 15 is 0 Å². The van der Waals surface area contributed by atoms with Crippen molar-refractivity contribution in [2.24, 2.45) is 0 Å². The highest BCUT2D eigenvalue weighted by molar-refractivity contribution is 7.89. The van der Waals surface area contributed by atoms with Gasteiger partial charge in [0.1, 0.15) is 22.8 Å². The molecular formula is C22H16F4N6O2S. The van der Waals surface area contributed by atoms with Crippen molar-refractivity contribution < 1.29 is 26.0 Å². The van der Waals surface area contributed by atoms with Crippen LogP contribution in [0.25, 0.3) is 28.2 Å². The van der Waals surface area contributed by atoms with Crippen LogP contribution in [0.15, 0.2) is 53.8 Å². The number of fused-ring (bicyclic) bond motifs is 1. The van der Waals surface area contributed by atoms with Crippen molar-refractivity contribution in [1.29, 1.82) is 5.26 Å². The molecule has 35 heavy (non-hydrogen) atoms. The molecule has 0 spiro atoms. The van der Waals surface area contributed by atoms with Crippen molar-refractivity contribution in [3.05, 3.63) is 65.9 Å². The van der Waals surface area contributed by atoms with Crippen LogP contribution in [-0.4, -0.2) is 40.2 Å². The summed E-state index contributed by atoms with van der Waals surface area (Å²) < 4.78 is 80.6. The summed E-state index contributed by atoms with van der Waals surface area (Å²) in [7, 11) is -4.53. The van der Waals surface area contributed by atoms with Crippen LogP contribution in [0.3, 0.4) is 0 Å². The molecule has 13 heteroatoms. The van der Waals surface area contributed by atoms with E-state index in [0.717, 1.165) is 12.3 Å². The van der Waals surface area contributed by atoms with Gasteiger partial charge in [-0.05, 0) is 49.7 Å². The van der Waals surface area contributed by atoms with E-state index in [-0.39, 0.29) is 28.3 Å². The van der Waals surface area contributed by atoms with Crippen molar-refractivity contribution in [2.75, 3.05) is 0 Å². The number of nitriles is 1. The number of aromatic nitrogens is 4. The standard InChI is InChI=1S/C22H16F4N6O2S/c1-12-8-19-15(9-17(12)23)16(10-27)20(32(19)21-28-6-3-7-29-21)18-5-4-14(11-30-18)35(33,34)31-13(2)22(24,25)26/h3-9,11,13,31H,1-2H3/t13-/m1/s1. The topological polar surface area (TPSA) is 114 Å². The van der Waals surface area contributed by atoms with Gasteiger partial charge in [0, 0.05) is 24.0 Å². The molecule has 4 aromatic rings. The van der Waals surface area contributed by atoms with Gasteiger partial charge in [-0.25, -0.2) is 22.8 Å². The van der Waals surface area contributed by atoms with E-state index in [1.165, 1.54) is 35.2 Å². The van der Waals surface area contributed by atoms with Gasteiger partial charge in [-0.1, -0.05) is 0 Å². The van der Waals surface area contributed by atoms with Gasteiger partial charge in [-0.2, -0.15) is 23.2 Å². The molecule has 0 radical (unpaired) electrons. The first-order valence-electron chi connectivity index (χ1n) is 10.0. The number of rotatable bonds is 5. The molecule has 0 bridgehead atoms. The first-order chi connectivity index (χ1) is 16.4. The number of nitrogens with one attached hydrogen (secondary N) is 1. The van der Waals surface area contributed by atoms with Gasteiger partial charge in [0.15, 0.2) is 0 Å². The van der Waals surface area contributed by atoms with Gasteiger partial charge in [-0.15, -0.1) is 0 Å². The highest BCUT2D eigenvalue weighted by atomic mass is 32.2. The largest absolute Gasteiger partial charge is 0.404 e. The molecule has 1 aromatic carbocycles. The summed E-state index contributed by atoms with van der Waals surface area (Å²) in [5.41, 5.74) is 1.03. The number of aryl methyl sites for hydroxylation is 1. The van der Waals surface area contributed by atoms with Crippen LogP contribution in [0.1, 0.15) is 18.1 Å². The molecule has 180 valence electrons. The zero-order chi connectivity index (χ0) is 25.5. The van der Waals surface area contributed by atoms with Crippen molar-refractivity contribution in [3.8, 4) is 23.4 Å². The number of hydrogen-bond acceptors (Lipinski definition) is 6. The Hall–Kier alpha value is -3.89. The molecule has 0 aliphatic heterocycles. The number of hydrogen-bond donors (Lipinski definition) is 1. The van der Waals surface area contributed by atoms with Crippen molar-refractivity contribution >= 4 is 20.9 Å². The number of nitrogens with zero attached hydrogens (tertiary/aromatic N) is 5. The number of sulfonamides is 1. The Morgan fingerprint density at radius 3 is 2.40 bits per heavy atom. The van der Waals surface area contributed by atoms with E-state index in [1.54, 1.807) is 17.7 Å². The third kappa shape index (κ3) is 4.45. The Morgan fingerprint density at radius 2 is 1.83 bits per heavy atom. The molecule has 1 N–H and O–H groups in total. The number of alkyl halides is 3. The maximum Gasteiger partial charge on any atom is 0.404 e. The minimum atomic E-state index is -4.77. The number of benzene rings is 1. The Kier molecular flexibility index (Phi) is 6.04. The minimum Gasteiger partial charge on any atom is -0.275 e. The van der Waals surface area contributed by atoms with Gasteiger partial charge >= 0.3 is 6.18 Å². The molecule has 0 amide bonds. The predicted octanol–water partition coefficient (Wildman–Crippen LogP) is 4.03. The number of halogens is 4. The van der Waals surface area contributed by atoms with Crippen molar-refractivity contribution in [2.45, 2.75) is 31.0 Å². The lowest BCUT2D eigenvalue weighted by Crippen LogP contribution is -2.42. The molecule has 0 aliphatic rings. The van der Waals surface area contributed by atoms with Crippen molar-refractivity contribution in [1.82, 2.24) is 24.2 Å². The SMILES string of the molecule is Cc1cc2c(cc1F)c(C#N)c(-c1ccc(S(=O)(=O)N[C@H](C)C(F)(F)F)cn1)n2-c1ncccn1. The lowest BCUT2D eigenvalue weighted by atomic mass is 10.1. The first-order valence-corrected chi connectivity index (χ1v) is 11.5. The van der Waals surface area contributed by atoms with Gasteiger partial charge in [0.2, 0.25) is 16.0 Å². The van der Waals surface area contributed by atoms with E-state index < -0.39 is 33.0 Å². The highest BCUT2D eigenvalue weighted by Gasteiger charge is 2.39. The second-order valence-electron chi connectivity index (χ2n) is 7.60. The maximum atomic E-state index is 14.4. The summed E-state index contributed by atoms with van der Waals surface area (Å²) >= 11 is 0. The molecule has 0 saturated heterocycles. The third-order valence-corrected chi connectivity index (χ3v) is 6.75. The van der Waals surface area contributed by atoms with E-state index in [2.05, 4.69) is 15.0 Å². The van der Waals surface area contributed by atoms with Crippen LogP contribution in [0.4, 0.5) is 17.6 Å². The lowest BCUT2D eigenvalue weighted by molar-refractivity contribution is -0.147. The zero-order valence-corrected chi connectivity index (χ0v) is 19.0. The lowest BCUT2D eigenvalue weighted by Gasteiger charge is -2.17. The highest BCUT2D eigenvalue weighted by Crippen LogP contribution is 2.36. The van der Waals surface area contributed by atoms with Crippen LogP contribution in [0.5, 0.6) is 0 Å². The Bertz CT molecular complexity index is 1560. The molecule has 3 heterocycles. The monoisotopic (exact) mass is 504 g/mol. The van der Waals surface area contributed by atoms with E-state index in [4.69, 9.17) is 0 Å². The quantitative estimate of drug-likeness (QED) is 0.411. The Balaban J connectivity index is 1.90. The molecule has 0 aliphatic carbocycles. The van der Waals surface area contributed by atoms with E-state index in [0.29, 0.717) is 18.0 Å². The van der Waals surface area contributed by atoms with Crippen LogP contribution in [0, 0.1) is 24.1 Å². The average molecular weight is 504 g/mol. The third-order valence-electron chi connectivity index (χ3n) is 5.22. The van der Waals surface area contributed by atoms with Gasteiger partial charge in [0.25, 0.3) is 0 Å². The second-order valence-corrected chi connectivity index (χ2v) is 9.32. The molecule has 4 rings (SSSR count). The molecule has 0 fully saturated rings. The normalized spacial score (nSPS) is 13.1. The fourth-order valence-electron chi connectivity index (χ4n) is 3.43. The van der Waals surface area contributed by atoms with E-state index in [9.17, 15) is 31.2 Å². The molecule has 0 saturated carbocycles. The summed E-state index contributed by atoms with van der Waals surface area (Å²) in [4.78, 5) is 12.0. The molecule has 3 aromatic heterocycles. The van der Waals surface area contributed by atoms with Crippen LogP contribution < -0.4 is 4.72 Å². The smallest absolute Gasteiger partial charge is 0.275 e. The second kappa shape index (κ2) is 8.71. The summed E-state index contributed by atoms with van der Waals surface area (Å²) in [6.45, 7) is 2.23. The Morgan fingerprint density at radius 1 is 1.14 bits per heavy atom. The van der Waals surface area contributed by atoms with Crippen LogP contribution >= 0.6 is 0 Å². The van der Waals surface area contributed by atoms with Crippen LogP contribution in [0.2, 0.25) is 0 Å². The van der Waals surface area contributed by atoms with Gasteiger partial charge in [-0.3, -0.25) is 9.55 Å². The van der Waals surface area contributed by atoms with Gasteiger partial charge < -0.3 is 0 Å². The zero-order valence-electron chi connectivity index (χ0n) is 18.2. The van der Waals surface area contributed by atoms with Crippen molar-refractivity contribution in [3.63, 3.8) is 0 Å². The van der Waals surface area contributed by atoms with Crippen LogP contribution in [-0.2, 0) is 10.0 Å². The maximum absolute atomic E-state index is 14.4. The van der Waals surface area contributed by atoms with E-state index in [1.807, 2.05) is 6.07 Å². The summed E-state index contributed by atoms with van der Waals surface area (Å²) in [6, 6.07) is 6.32. The summed E-state index contributed by atoms with van der Waals surface area (Å²) in [5, 5.41) is 10.2. The van der Waals surface area contributed by atoms with Gasteiger partial charge in [0.05, 0.1) is 22.5 Å². The summed E-state index contributed by atoms with van der Waals surface area (Å²) in [5.74, 6) is -0.384. The molecule has 0 unspecified atom stereocenters. The molecule has 1 atom stereocenters. The summed E-state index contributed by atoms with van der Waals surface area (Å²) in [6.07, 6.45) is -0.957. The first kappa shape index (κ1) is 24.2. The molecular weight excluding hydrogens is 488 g/mol. The fourth-order valence-corrected chi connectivity index (χ4v) is 4.60. The average Bonchev–Trinajstić information content (AvgIpc) is 3.12.